The number of anilines is 2. The molecule has 0 unspecified atom stereocenters. The van der Waals surface area contributed by atoms with Crippen LogP contribution in [0.5, 0.6) is 0 Å². The Labute approximate surface area is 199 Å². The van der Waals surface area contributed by atoms with Gasteiger partial charge in [-0.15, -0.1) is 0 Å². The molecule has 1 saturated heterocycles. The molecule has 7 nitrogen and oxygen atoms in total. The van der Waals surface area contributed by atoms with E-state index in [0.29, 0.717) is 10.7 Å². The molecule has 1 fully saturated rings. The first kappa shape index (κ1) is 21.7. The molecule has 0 aliphatic carbocycles. The van der Waals surface area contributed by atoms with E-state index in [0.717, 1.165) is 9.80 Å². The van der Waals surface area contributed by atoms with Crippen molar-refractivity contribution < 1.29 is 24.0 Å². The summed E-state index contributed by atoms with van der Waals surface area (Å²) in [5, 5.41) is 0.439. The first-order valence-corrected chi connectivity index (χ1v) is 10.9. The Morgan fingerprint density at radius 2 is 1.50 bits per heavy atom. The van der Waals surface area contributed by atoms with Gasteiger partial charge in [0.25, 0.3) is 11.7 Å². The zero-order chi connectivity index (χ0) is 24.0. The molecule has 2 aliphatic heterocycles. The summed E-state index contributed by atoms with van der Waals surface area (Å²) < 4.78 is 0. The summed E-state index contributed by atoms with van der Waals surface area (Å²) in [6.45, 7) is 0. The molecule has 0 aromatic heterocycles. The van der Waals surface area contributed by atoms with Crippen LogP contribution in [0.25, 0.3) is 0 Å². The molecule has 0 spiro atoms. The number of benzene rings is 3. The van der Waals surface area contributed by atoms with Gasteiger partial charge in [0.2, 0.25) is 11.8 Å². The molecule has 0 N–H and O–H groups in total. The number of hydrogen-bond donors (Lipinski definition) is 0. The third kappa shape index (κ3) is 3.41. The van der Waals surface area contributed by atoms with Crippen LogP contribution in [0.15, 0.2) is 78.9 Å². The number of amides is 3. The Hall–Kier alpha value is -4.10. The average molecular weight is 473 g/mol. The number of fused-ring (bicyclic) bond motifs is 1. The lowest BCUT2D eigenvalue weighted by Gasteiger charge is -2.30. The number of carbonyl (C=O) groups excluding carboxylic acids is 5. The fourth-order valence-corrected chi connectivity index (χ4v) is 4.63. The van der Waals surface area contributed by atoms with Crippen molar-refractivity contribution in [3.8, 4) is 0 Å². The molecule has 3 aromatic rings. The lowest BCUT2D eigenvalue weighted by Crippen LogP contribution is -2.51. The maximum atomic E-state index is 13.7. The van der Waals surface area contributed by atoms with Crippen LogP contribution in [0.2, 0.25) is 5.02 Å². The van der Waals surface area contributed by atoms with Gasteiger partial charge in [-0.1, -0.05) is 54.1 Å². The van der Waals surface area contributed by atoms with Crippen LogP contribution >= 0.6 is 11.6 Å². The van der Waals surface area contributed by atoms with E-state index >= 15 is 0 Å². The molecule has 2 aliphatic rings. The summed E-state index contributed by atoms with van der Waals surface area (Å²) in [7, 11) is 0. The minimum atomic E-state index is -1.36. The Balaban J connectivity index is 1.61. The molecule has 3 amide bonds. The third-order valence-electron chi connectivity index (χ3n) is 6.07. The maximum Gasteiger partial charge on any atom is 0.300 e. The molecule has 2 atom stereocenters. The van der Waals surface area contributed by atoms with Crippen LogP contribution < -0.4 is 9.80 Å². The summed E-state index contributed by atoms with van der Waals surface area (Å²) in [6.07, 6.45) is -0.287. The number of carbonyl (C=O) groups is 5. The molecule has 0 saturated carbocycles. The minimum absolute atomic E-state index is 0.157. The Morgan fingerprint density at radius 1 is 0.853 bits per heavy atom. The molecule has 8 heteroatoms. The largest absolute Gasteiger partial charge is 0.300 e. The van der Waals surface area contributed by atoms with Gasteiger partial charge in [-0.2, -0.15) is 0 Å². The fraction of sp³-hybridized carbons (Fsp3) is 0.115. The van der Waals surface area contributed by atoms with Gasteiger partial charge in [0.15, 0.2) is 5.78 Å². The van der Waals surface area contributed by atoms with Crippen molar-refractivity contribution in [1.29, 1.82) is 0 Å². The second-order valence-electron chi connectivity index (χ2n) is 8.05. The van der Waals surface area contributed by atoms with E-state index in [1.54, 1.807) is 60.7 Å². The van der Waals surface area contributed by atoms with Crippen molar-refractivity contribution in [1.82, 2.24) is 0 Å². The summed E-state index contributed by atoms with van der Waals surface area (Å²) in [5.41, 5.74) is 0.987. The predicted octanol–water partition coefficient (Wildman–Crippen LogP) is 3.70. The van der Waals surface area contributed by atoms with E-state index in [2.05, 4.69) is 0 Å². The molecule has 2 heterocycles. The van der Waals surface area contributed by atoms with Crippen molar-refractivity contribution in [3.05, 3.63) is 95.0 Å². The van der Waals surface area contributed by atoms with Crippen LogP contribution in [-0.2, 0) is 14.4 Å². The van der Waals surface area contributed by atoms with Crippen LogP contribution in [0.3, 0.4) is 0 Å². The number of rotatable bonds is 5. The maximum absolute atomic E-state index is 13.7. The molecule has 34 heavy (non-hydrogen) atoms. The zero-order valence-electron chi connectivity index (χ0n) is 17.7. The number of ketones is 2. The van der Waals surface area contributed by atoms with E-state index in [1.807, 2.05) is 0 Å². The van der Waals surface area contributed by atoms with E-state index in [9.17, 15) is 24.0 Å². The lowest BCUT2D eigenvalue weighted by atomic mass is 9.89. The molecular weight excluding hydrogens is 456 g/mol. The number of halogens is 1. The molecular formula is C26H17ClN2O5. The normalized spacial score (nSPS) is 18.4. The van der Waals surface area contributed by atoms with Crippen LogP contribution in [-0.4, -0.2) is 35.3 Å². The van der Waals surface area contributed by atoms with Gasteiger partial charge < -0.3 is 0 Å². The van der Waals surface area contributed by atoms with E-state index in [-0.39, 0.29) is 23.2 Å². The number of Topliss-reactive ketones (excluding diaryl/α,β-unsaturated/α-hetero) is 2. The number of nitrogens with zero attached hydrogens (tertiary/aromatic N) is 2. The lowest BCUT2D eigenvalue weighted by molar-refractivity contribution is -0.122. The molecule has 168 valence electrons. The van der Waals surface area contributed by atoms with Crippen molar-refractivity contribution in [3.63, 3.8) is 0 Å². The van der Waals surface area contributed by atoms with Crippen molar-refractivity contribution in [2.24, 2.45) is 5.92 Å². The number of hydrogen-bond acceptors (Lipinski definition) is 5. The Bertz CT molecular complexity index is 1350. The first-order valence-electron chi connectivity index (χ1n) is 10.6. The highest BCUT2D eigenvalue weighted by atomic mass is 35.5. The third-order valence-corrected chi connectivity index (χ3v) is 6.33. The smallest absolute Gasteiger partial charge is 0.293 e. The van der Waals surface area contributed by atoms with Gasteiger partial charge in [-0.05, 0) is 36.4 Å². The molecule has 0 bridgehead atoms. The topological polar surface area (TPSA) is 91.8 Å². The zero-order valence-corrected chi connectivity index (χ0v) is 18.4. The van der Waals surface area contributed by atoms with Gasteiger partial charge in [0.1, 0.15) is 6.04 Å². The van der Waals surface area contributed by atoms with Crippen molar-refractivity contribution >= 4 is 52.3 Å². The van der Waals surface area contributed by atoms with Crippen molar-refractivity contribution in [2.75, 3.05) is 9.80 Å². The average Bonchev–Trinajstić information content (AvgIpc) is 3.28. The monoisotopic (exact) mass is 472 g/mol. The fourth-order valence-electron chi connectivity index (χ4n) is 4.50. The Kier molecular flexibility index (Phi) is 5.34. The molecule has 5 rings (SSSR count). The van der Waals surface area contributed by atoms with Crippen LogP contribution in [0.4, 0.5) is 11.4 Å². The number of imide groups is 1. The Morgan fingerprint density at radius 3 is 2.21 bits per heavy atom. The van der Waals surface area contributed by atoms with E-state index < -0.39 is 41.2 Å². The highest BCUT2D eigenvalue weighted by Crippen LogP contribution is 2.38. The van der Waals surface area contributed by atoms with Gasteiger partial charge in [-0.25, -0.2) is 0 Å². The summed E-state index contributed by atoms with van der Waals surface area (Å²) >= 11 is 5.93. The quantitative estimate of drug-likeness (QED) is 0.321. The van der Waals surface area contributed by atoms with Crippen LogP contribution in [0, 0.1) is 5.92 Å². The highest BCUT2D eigenvalue weighted by molar-refractivity contribution is 6.53. The van der Waals surface area contributed by atoms with Crippen LogP contribution in [0.1, 0.15) is 27.1 Å². The van der Waals surface area contributed by atoms with Gasteiger partial charge in [0, 0.05) is 17.0 Å². The number of para-hydroxylation sites is 1. The SMILES string of the molecule is O=C1C(=O)N([C@H](C(=O)c2ccccc2)[C@@H]2CC(=O)N(c3ccc(Cl)cc3)C2=O)c2ccccc21. The highest BCUT2D eigenvalue weighted by Gasteiger charge is 2.52. The first-order chi connectivity index (χ1) is 16.4. The second-order valence-corrected chi connectivity index (χ2v) is 8.49. The summed E-state index contributed by atoms with van der Waals surface area (Å²) in [4.78, 5) is 68.0. The van der Waals surface area contributed by atoms with Gasteiger partial charge in [-0.3, -0.25) is 33.8 Å². The predicted molar refractivity (Wildman–Crippen MR) is 125 cm³/mol. The standard InChI is InChI=1S/C26H17ClN2O5/c27-16-10-12-17(13-11-16)28-21(30)14-19(25(28)33)22(23(31)15-6-2-1-3-7-15)29-20-9-5-4-8-18(20)24(32)26(29)34/h1-13,19,22H,14H2/t19-,22-/m0/s1. The van der Waals surface area contributed by atoms with Gasteiger partial charge >= 0.3 is 0 Å². The minimum Gasteiger partial charge on any atom is -0.293 e. The van der Waals surface area contributed by atoms with Gasteiger partial charge in [0.05, 0.1) is 22.9 Å². The summed E-state index contributed by atoms with van der Waals surface area (Å²) in [5.74, 6) is -4.48. The second kappa shape index (κ2) is 8.35. The van der Waals surface area contributed by atoms with E-state index in [1.165, 1.54) is 18.2 Å². The van der Waals surface area contributed by atoms with Crippen molar-refractivity contribution in [2.45, 2.75) is 12.5 Å². The molecule has 3 aromatic carbocycles. The molecule has 0 radical (unpaired) electrons. The van der Waals surface area contributed by atoms with E-state index in [4.69, 9.17) is 11.6 Å². The summed E-state index contributed by atoms with van der Waals surface area (Å²) in [6, 6.07) is 19.3.